The Morgan fingerprint density at radius 1 is 1.47 bits per heavy atom. The maximum Gasteiger partial charge on any atom is 0.180 e. The molecule has 0 aliphatic carbocycles. The smallest absolute Gasteiger partial charge is 0.180 e. The fourth-order valence-corrected chi connectivity index (χ4v) is 1.39. The fraction of sp³-hybridized carbons (Fsp3) is 0.333. The second-order valence-corrected chi connectivity index (χ2v) is 3.17. The van der Waals surface area contributed by atoms with Crippen molar-refractivity contribution in [3.05, 3.63) is 36.4 Å². The summed E-state index contributed by atoms with van der Waals surface area (Å²) in [6, 6.07) is 5.71. The van der Waals surface area contributed by atoms with Crippen molar-refractivity contribution in [3.63, 3.8) is 0 Å². The van der Waals surface area contributed by atoms with Crippen molar-refractivity contribution in [3.8, 4) is 5.75 Å². The van der Waals surface area contributed by atoms with E-state index in [0.717, 1.165) is 23.3 Å². The highest BCUT2D eigenvalue weighted by molar-refractivity contribution is 6.00. The zero-order chi connectivity index (χ0) is 11.3. The van der Waals surface area contributed by atoms with Gasteiger partial charge in [0.2, 0.25) is 0 Å². The highest BCUT2D eigenvalue weighted by atomic mass is 16.6. The van der Waals surface area contributed by atoms with Gasteiger partial charge in [0.15, 0.2) is 7.11 Å². The van der Waals surface area contributed by atoms with Gasteiger partial charge >= 0.3 is 0 Å². The topological polar surface area (TPSA) is 30.8 Å². The largest absolute Gasteiger partial charge is 0.482 e. The van der Waals surface area contributed by atoms with E-state index in [9.17, 15) is 0 Å². The van der Waals surface area contributed by atoms with Gasteiger partial charge in [-0.3, -0.25) is 0 Å². The Hall–Kier alpha value is -1.51. The Labute approximate surface area is 90.7 Å². The molecule has 0 saturated heterocycles. The highest BCUT2D eigenvalue weighted by Crippen LogP contribution is 2.19. The molecular weight excluding hydrogens is 190 g/mol. The summed E-state index contributed by atoms with van der Waals surface area (Å²) in [5.74, 6) is 0.673. The summed E-state index contributed by atoms with van der Waals surface area (Å²) < 4.78 is 4.70. The van der Waals surface area contributed by atoms with Gasteiger partial charge in [-0.15, -0.1) is 0 Å². The van der Waals surface area contributed by atoms with Crippen LogP contribution in [0, 0.1) is 14.0 Å². The van der Waals surface area contributed by atoms with Crippen molar-refractivity contribution in [2.45, 2.75) is 20.3 Å². The number of hydrogen-bond donors (Lipinski definition) is 0. The van der Waals surface area contributed by atoms with Crippen molar-refractivity contribution in [2.75, 3.05) is 7.11 Å². The first-order valence-corrected chi connectivity index (χ1v) is 4.80. The van der Waals surface area contributed by atoms with Crippen LogP contribution in [0.5, 0.6) is 5.75 Å². The van der Waals surface area contributed by atoms with Crippen LogP contribution in [0.15, 0.2) is 23.4 Å². The van der Waals surface area contributed by atoms with Crippen LogP contribution < -0.4 is 4.74 Å². The molecule has 0 saturated carbocycles. The van der Waals surface area contributed by atoms with E-state index in [0.29, 0.717) is 5.75 Å². The zero-order valence-electron chi connectivity index (χ0n) is 9.28. The quantitative estimate of drug-likeness (QED) is 0.559. The lowest BCUT2D eigenvalue weighted by Gasteiger charge is -2.07. The summed E-state index contributed by atoms with van der Waals surface area (Å²) in [6.45, 7) is 3.96. The molecule has 0 aliphatic rings. The Morgan fingerprint density at radius 3 is 2.67 bits per heavy atom. The van der Waals surface area contributed by atoms with Gasteiger partial charge in [0.25, 0.3) is 0 Å². The number of nitrogens with zero attached hydrogens (tertiary/aromatic N) is 1. The molecule has 1 aromatic carbocycles. The average molecular weight is 205 g/mol. The normalized spacial score (nSPS) is 11.3. The van der Waals surface area contributed by atoms with Crippen molar-refractivity contribution in [1.29, 1.82) is 0 Å². The lowest BCUT2D eigenvalue weighted by molar-refractivity contribution is 0.213. The molecule has 3 nitrogen and oxygen atoms in total. The minimum atomic E-state index is 0.673. The average Bonchev–Trinajstić information content (AvgIpc) is 2.25. The molecule has 0 aliphatic heterocycles. The third-order valence-electron chi connectivity index (χ3n) is 2.17. The lowest BCUT2D eigenvalue weighted by atomic mass is 10.1. The van der Waals surface area contributed by atoms with Crippen LogP contribution in [0.2, 0.25) is 0 Å². The zero-order valence-corrected chi connectivity index (χ0v) is 9.28. The van der Waals surface area contributed by atoms with E-state index >= 15 is 0 Å². The number of ether oxygens (including phenoxy) is 1. The number of rotatable bonds is 4. The van der Waals surface area contributed by atoms with Gasteiger partial charge in [-0.2, -0.15) is 0 Å². The van der Waals surface area contributed by atoms with Crippen molar-refractivity contribution >= 4 is 5.71 Å². The van der Waals surface area contributed by atoms with E-state index in [2.05, 4.69) is 5.16 Å². The molecule has 15 heavy (non-hydrogen) atoms. The maximum atomic E-state index is 5.11. The van der Waals surface area contributed by atoms with Crippen LogP contribution in [0.4, 0.5) is 0 Å². The number of hydrogen-bond acceptors (Lipinski definition) is 3. The Bertz CT molecular complexity index is 359. The summed E-state index contributed by atoms with van der Waals surface area (Å²) in [4.78, 5) is 4.78. The minimum Gasteiger partial charge on any atom is -0.482 e. The number of benzene rings is 1. The van der Waals surface area contributed by atoms with Gasteiger partial charge in [0.1, 0.15) is 12.9 Å². The van der Waals surface area contributed by atoms with Crippen molar-refractivity contribution in [1.82, 2.24) is 0 Å². The van der Waals surface area contributed by atoms with Gasteiger partial charge in [0, 0.05) is 0 Å². The van der Waals surface area contributed by atoms with E-state index in [1.165, 1.54) is 0 Å². The summed E-state index contributed by atoms with van der Waals surface area (Å²) in [6.07, 6.45) is 0.816. The summed E-state index contributed by atoms with van der Waals surface area (Å²) in [5, 5.41) is 3.95. The Kier molecular flexibility index (Phi) is 4.16. The molecule has 80 valence electrons. The second-order valence-electron chi connectivity index (χ2n) is 3.17. The number of oxime groups is 1. The SMILES string of the molecule is [CH]Oc1ccc(/C(CC)=N/OC)cc1C. The molecule has 0 spiro atoms. The lowest BCUT2D eigenvalue weighted by Crippen LogP contribution is -2.00. The standard InChI is InChI=1S/C12H15NO2/c1-5-11(13-15-4)10-6-7-12(14-3)9(2)8-10/h3,6-8H,5H2,1-2,4H3/b13-11+. The first kappa shape index (κ1) is 11.6. The van der Waals surface area contributed by atoms with E-state index in [4.69, 9.17) is 16.7 Å². The number of aryl methyl sites for hydroxylation is 1. The molecule has 1 aromatic rings. The van der Waals surface area contributed by atoms with Gasteiger partial charge < -0.3 is 9.57 Å². The molecule has 0 bridgehead atoms. The van der Waals surface area contributed by atoms with Gasteiger partial charge in [-0.1, -0.05) is 12.1 Å². The summed E-state index contributed by atoms with van der Waals surface area (Å²) in [5.41, 5.74) is 2.91. The van der Waals surface area contributed by atoms with Crippen LogP contribution in [0.3, 0.4) is 0 Å². The second kappa shape index (κ2) is 5.39. The van der Waals surface area contributed by atoms with E-state index in [1.54, 1.807) is 7.11 Å². The highest BCUT2D eigenvalue weighted by Gasteiger charge is 2.05. The molecule has 2 radical (unpaired) electrons. The first-order valence-electron chi connectivity index (χ1n) is 4.80. The molecule has 0 aromatic heterocycles. The third-order valence-corrected chi connectivity index (χ3v) is 2.17. The molecule has 0 atom stereocenters. The minimum absolute atomic E-state index is 0.673. The van der Waals surface area contributed by atoms with Gasteiger partial charge in [0.05, 0.1) is 5.71 Å². The summed E-state index contributed by atoms with van der Waals surface area (Å²) >= 11 is 0. The molecule has 0 heterocycles. The van der Waals surface area contributed by atoms with Crippen LogP contribution in [-0.4, -0.2) is 12.8 Å². The van der Waals surface area contributed by atoms with Crippen molar-refractivity contribution in [2.24, 2.45) is 5.16 Å². The van der Waals surface area contributed by atoms with Crippen LogP contribution in [0.1, 0.15) is 24.5 Å². The van der Waals surface area contributed by atoms with Gasteiger partial charge in [-0.05, 0) is 42.7 Å². The molecule has 0 fully saturated rings. The van der Waals surface area contributed by atoms with Crippen molar-refractivity contribution < 1.29 is 9.57 Å². The molecular formula is C12H15NO2. The third kappa shape index (κ3) is 2.72. The predicted molar refractivity (Wildman–Crippen MR) is 59.9 cm³/mol. The molecule has 0 amide bonds. The Balaban J connectivity index is 3.05. The van der Waals surface area contributed by atoms with E-state index in [-0.39, 0.29) is 0 Å². The van der Waals surface area contributed by atoms with Crippen LogP contribution in [0.25, 0.3) is 0 Å². The molecule has 3 heteroatoms. The van der Waals surface area contributed by atoms with Crippen LogP contribution >= 0.6 is 0 Å². The van der Waals surface area contributed by atoms with E-state index < -0.39 is 0 Å². The predicted octanol–water partition coefficient (Wildman–Crippen LogP) is 2.80. The maximum absolute atomic E-state index is 5.11. The molecule has 0 N–H and O–H groups in total. The van der Waals surface area contributed by atoms with Gasteiger partial charge in [-0.25, -0.2) is 0 Å². The fourth-order valence-electron chi connectivity index (χ4n) is 1.39. The molecule has 1 rings (SSSR count). The van der Waals surface area contributed by atoms with Crippen LogP contribution in [-0.2, 0) is 4.84 Å². The molecule has 0 unspecified atom stereocenters. The first-order chi connectivity index (χ1) is 7.22. The van der Waals surface area contributed by atoms with E-state index in [1.807, 2.05) is 32.0 Å². The Morgan fingerprint density at radius 2 is 2.20 bits per heavy atom. The summed E-state index contributed by atoms with van der Waals surface area (Å²) in [7, 11) is 6.65. The monoisotopic (exact) mass is 205 g/mol.